The third-order valence-corrected chi connectivity index (χ3v) is 6.15. The van der Waals surface area contributed by atoms with Gasteiger partial charge in [-0.2, -0.15) is 10.2 Å². The number of anilines is 1. The summed E-state index contributed by atoms with van der Waals surface area (Å²) >= 11 is 0. The van der Waals surface area contributed by atoms with Crippen LogP contribution in [0, 0.1) is 23.1 Å². The van der Waals surface area contributed by atoms with E-state index in [1.54, 1.807) is 30.3 Å². The molecule has 0 atom stereocenters. The summed E-state index contributed by atoms with van der Waals surface area (Å²) in [7, 11) is 0. The first kappa shape index (κ1) is 20.3. The molecule has 0 radical (unpaired) electrons. The van der Waals surface area contributed by atoms with E-state index < -0.39 is 0 Å². The standard InChI is InChI=1S/C24H23FN4O3/c25-19-5-2-1-4-17(19)15-29(18-7-8-18)23(30)16-9-11-28(12-10-16)24-20(14-26)27-22(32-24)21-6-3-13-31-21/h1-6,13,16,18H,7-12,15H2. The van der Waals surface area contributed by atoms with Crippen LogP contribution in [0.3, 0.4) is 0 Å². The van der Waals surface area contributed by atoms with Crippen molar-refractivity contribution in [2.24, 2.45) is 5.92 Å². The first-order chi connectivity index (χ1) is 15.6. The molecule has 3 heterocycles. The molecular weight excluding hydrogens is 411 g/mol. The number of amides is 1. The summed E-state index contributed by atoms with van der Waals surface area (Å²) in [5.74, 6) is 0.828. The summed E-state index contributed by atoms with van der Waals surface area (Å²) in [5, 5.41) is 9.48. The molecule has 8 heteroatoms. The number of carbonyl (C=O) groups is 1. The maximum Gasteiger partial charge on any atom is 0.266 e. The molecule has 0 unspecified atom stereocenters. The van der Waals surface area contributed by atoms with Crippen LogP contribution in [0.15, 0.2) is 51.5 Å². The van der Waals surface area contributed by atoms with Gasteiger partial charge in [0.15, 0.2) is 5.76 Å². The van der Waals surface area contributed by atoms with Crippen molar-refractivity contribution in [2.45, 2.75) is 38.3 Å². The maximum absolute atomic E-state index is 14.2. The number of carbonyl (C=O) groups excluding carboxylic acids is 1. The van der Waals surface area contributed by atoms with Gasteiger partial charge in [0.25, 0.3) is 5.89 Å². The summed E-state index contributed by atoms with van der Waals surface area (Å²) < 4.78 is 25.3. The Morgan fingerprint density at radius 3 is 2.62 bits per heavy atom. The van der Waals surface area contributed by atoms with Gasteiger partial charge in [-0.05, 0) is 43.9 Å². The molecule has 1 saturated heterocycles. The molecule has 1 saturated carbocycles. The molecule has 32 heavy (non-hydrogen) atoms. The van der Waals surface area contributed by atoms with E-state index in [0.717, 1.165) is 12.8 Å². The summed E-state index contributed by atoms with van der Waals surface area (Å²) in [5.41, 5.74) is 0.760. The monoisotopic (exact) mass is 434 g/mol. The van der Waals surface area contributed by atoms with Gasteiger partial charge >= 0.3 is 0 Å². The number of nitriles is 1. The third kappa shape index (κ3) is 3.98. The fraction of sp³-hybridized carbons (Fsp3) is 0.375. The Kier molecular flexibility index (Phi) is 5.39. The first-order valence-corrected chi connectivity index (χ1v) is 10.9. The molecule has 164 valence electrons. The van der Waals surface area contributed by atoms with Crippen LogP contribution in [0.4, 0.5) is 10.3 Å². The number of nitrogens with zero attached hydrogens (tertiary/aromatic N) is 4. The lowest BCUT2D eigenvalue weighted by molar-refractivity contribution is -0.137. The predicted molar refractivity (Wildman–Crippen MR) is 114 cm³/mol. The Labute approximate surface area is 185 Å². The molecule has 1 aliphatic heterocycles. The fourth-order valence-corrected chi connectivity index (χ4v) is 4.25. The molecule has 2 aromatic heterocycles. The molecule has 0 spiro atoms. The minimum Gasteiger partial charge on any atom is -0.459 e. The van der Waals surface area contributed by atoms with E-state index in [2.05, 4.69) is 11.1 Å². The second kappa shape index (κ2) is 8.50. The molecule has 3 aromatic rings. The highest BCUT2D eigenvalue weighted by Crippen LogP contribution is 2.34. The van der Waals surface area contributed by atoms with Gasteiger partial charge in [-0.1, -0.05) is 18.2 Å². The van der Waals surface area contributed by atoms with E-state index in [1.165, 1.54) is 12.3 Å². The minimum atomic E-state index is -0.275. The predicted octanol–water partition coefficient (Wildman–Crippen LogP) is 4.35. The topological polar surface area (TPSA) is 86.5 Å². The van der Waals surface area contributed by atoms with E-state index >= 15 is 0 Å². The zero-order chi connectivity index (χ0) is 22.1. The molecule has 2 aliphatic rings. The van der Waals surface area contributed by atoms with Crippen LogP contribution in [0.2, 0.25) is 0 Å². The van der Waals surface area contributed by atoms with Crippen LogP contribution in [-0.4, -0.2) is 34.9 Å². The number of benzene rings is 1. The molecule has 7 nitrogen and oxygen atoms in total. The Hall–Kier alpha value is -3.60. The van der Waals surface area contributed by atoms with E-state index in [1.807, 2.05) is 9.80 Å². The van der Waals surface area contributed by atoms with Crippen molar-refractivity contribution in [3.63, 3.8) is 0 Å². The number of furan rings is 1. The highest BCUT2D eigenvalue weighted by atomic mass is 19.1. The van der Waals surface area contributed by atoms with E-state index in [0.29, 0.717) is 49.7 Å². The zero-order valence-electron chi connectivity index (χ0n) is 17.5. The molecule has 1 aromatic carbocycles. The van der Waals surface area contributed by atoms with Gasteiger partial charge in [0.1, 0.15) is 11.9 Å². The quantitative estimate of drug-likeness (QED) is 0.573. The first-order valence-electron chi connectivity index (χ1n) is 10.9. The van der Waals surface area contributed by atoms with Crippen LogP contribution in [-0.2, 0) is 11.3 Å². The molecule has 5 rings (SSSR count). The number of piperidine rings is 1. The number of hydrogen-bond acceptors (Lipinski definition) is 6. The SMILES string of the molecule is N#Cc1nc(-c2ccco2)oc1N1CCC(C(=O)N(Cc2ccccc2F)C2CC2)CC1. The molecule has 1 aliphatic carbocycles. The normalized spacial score (nSPS) is 16.7. The number of aromatic nitrogens is 1. The van der Waals surface area contributed by atoms with E-state index in [9.17, 15) is 14.4 Å². The smallest absolute Gasteiger partial charge is 0.266 e. The second-order valence-electron chi connectivity index (χ2n) is 8.31. The van der Waals surface area contributed by atoms with Crippen molar-refractivity contribution in [1.29, 1.82) is 5.26 Å². The maximum atomic E-state index is 14.2. The Morgan fingerprint density at radius 2 is 1.97 bits per heavy atom. The number of halogens is 1. The number of oxazole rings is 1. The van der Waals surface area contributed by atoms with Gasteiger partial charge in [-0.15, -0.1) is 0 Å². The van der Waals surface area contributed by atoms with Crippen LogP contribution >= 0.6 is 0 Å². The Bertz CT molecular complexity index is 1140. The van der Waals surface area contributed by atoms with E-state index in [4.69, 9.17) is 8.83 Å². The Morgan fingerprint density at radius 1 is 1.19 bits per heavy atom. The van der Waals surface area contributed by atoms with Gasteiger partial charge in [0.2, 0.25) is 17.5 Å². The summed E-state index contributed by atoms with van der Waals surface area (Å²) in [6.07, 6.45) is 4.74. The van der Waals surface area contributed by atoms with Crippen LogP contribution in [0.25, 0.3) is 11.7 Å². The highest BCUT2D eigenvalue weighted by Gasteiger charge is 2.38. The van der Waals surface area contributed by atoms with Crippen LogP contribution in [0.5, 0.6) is 0 Å². The molecule has 1 amide bonds. The second-order valence-corrected chi connectivity index (χ2v) is 8.31. The molecule has 2 fully saturated rings. The van der Waals surface area contributed by atoms with Gasteiger partial charge in [0.05, 0.1) is 6.26 Å². The van der Waals surface area contributed by atoms with Gasteiger partial charge < -0.3 is 18.6 Å². The van der Waals surface area contributed by atoms with Crippen LogP contribution < -0.4 is 4.90 Å². The lowest BCUT2D eigenvalue weighted by atomic mass is 9.95. The van der Waals surface area contributed by atoms with Crippen molar-refractivity contribution in [1.82, 2.24) is 9.88 Å². The lowest BCUT2D eigenvalue weighted by Gasteiger charge is -2.34. The van der Waals surface area contributed by atoms with Gasteiger partial charge in [0, 0.05) is 37.2 Å². The Balaban J connectivity index is 1.27. The van der Waals surface area contributed by atoms with Crippen molar-refractivity contribution in [3.8, 4) is 17.7 Å². The van der Waals surface area contributed by atoms with Crippen molar-refractivity contribution < 1.29 is 18.0 Å². The van der Waals surface area contributed by atoms with Crippen molar-refractivity contribution >= 4 is 11.8 Å². The average molecular weight is 434 g/mol. The molecule has 0 N–H and O–H groups in total. The van der Waals surface area contributed by atoms with Crippen molar-refractivity contribution in [2.75, 3.05) is 18.0 Å². The van der Waals surface area contributed by atoms with Crippen molar-refractivity contribution in [3.05, 3.63) is 59.7 Å². The number of hydrogen-bond donors (Lipinski definition) is 0. The molecular formula is C24H23FN4O3. The summed E-state index contributed by atoms with van der Waals surface area (Å²) in [6, 6.07) is 12.4. The van der Waals surface area contributed by atoms with Crippen LogP contribution in [0.1, 0.15) is 36.9 Å². The summed E-state index contributed by atoms with van der Waals surface area (Å²) in [4.78, 5) is 21.4. The average Bonchev–Trinajstić information content (AvgIpc) is 3.33. The lowest BCUT2D eigenvalue weighted by Crippen LogP contribution is -2.43. The molecule has 0 bridgehead atoms. The minimum absolute atomic E-state index is 0.0877. The third-order valence-electron chi connectivity index (χ3n) is 6.15. The van der Waals surface area contributed by atoms with Gasteiger partial charge in [-0.25, -0.2) is 4.39 Å². The fourth-order valence-electron chi connectivity index (χ4n) is 4.25. The summed E-state index contributed by atoms with van der Waals surface area (Å²) in [6.45, 7) is 1.47. The largest absolute Gasteiger partial charge is 0.459 e. The number of rotatable bonds is 6. The highest BCUT2D eigenvalue weighted by molar-refractivity contribution is 5.80. The zero-order valence-corrected chi connectivity index (χ0v) is 17.5. The van der Waals surface area contributed by atoms with E-state index in [-0.39, 0.29) is 35.3 Å². The van der Waals surface area contributed by atoms with Gasteiger partial charge in [-0.3, -0.25) is 4.79 Å².